The van der Waals surface area contributed by atoms with Gasteiger partial charge in [-0.05, 0) is 24.6 Å². The topological polar surface area (TPSA) is 29.1 Å². The zero-order valence-electron chi connectivity index (χ0n) is 11.3. The van der Waals surface area contributed by atoms with Gasteiger partial charge < -0.3 is 5.32 Å². The van der Waals surface area contributed by atoms with Crippen molar-refractivity contribution in [3.05, 3.63) is 66.2 Å². The van der Waals surface area contributed by atoms with Gasteiger partial charge in [-0.1, -0.05) is 55.5 Å². The van der Waals surface area contributed by atoms with Crippen LogP contribution in [0, 0.1) is 0 Å². The van der Waals surface area contributed by atoms with Crippen LogP contribution in [-0.4, -0.2) is 11.8 Å². The van der Waals surface area contributed by atoms with Gasteiger partial charge in [0.25, 0.3) is 0 Å². The zero-order valence-corrected chi connectivity index (χ0v) is 11.3. The van der Waals surface area contributed by atoms with Crippen molar-refractivity contribution in [2.75, 3.05) is 5.32 Å². The Morgan fingerprint density at radius 1 is 0.947 bits per heavy atom. The molecule has 0 aliphatic carbocycles. The lowest BCUT2D eigenvalue weighted by Crippen LogP contribution is -2.32. The van der Waals surface area contributed by atoms with Gasteiger partial charge in [0, 0.05) is 11.6 Å². The number of carbonyl (C=O) groups excluding carboxylic acids is 1. The Labute approximate surface area is 114 Å². The molecule has 2 heteroatoms. The molecule has 0 radical (unpaired) electrons. The molecule has 2 rings (SSSR count). The highest BCUT2D eigenvalue weighted by Crippen LogP contribution is 2.22. The molecule has 0 fully saturated rings. The molecule has 0 aliphatic heterocycles. The molecular formula is C17H19NO. The summed E-state index contributed by atoms with van der Waals surface area (Å²) in [6.45, 7) is 3.72. The van der Waals surface area contributed by atoms with Crippen LogP contribution in [0.25, 0.3) is 0 Å². The van der Waals surface area contributed by atoms with E-state index in [1.807, 2.05) is 48.5 Å². The molecular weight excluding hydrogens is 234 g/mol. The maximum Gasteiger partial charge on any atom is 0.152 e. The first-order chi connectivity index (χ1) is 9.18. The average molecular weight is 253 g/mol. The van der Waals surface area contributed by atoms with E-state index in [2.05, 4.69) is 24.4 Å². The third kappa shape index (κ3) is 3.44. The molecule has 0 amide bonds. The largest absolute Gasteiger partial charge is 0.375 e. The molecule has 19 heavy (non-hydrogen) atoms. The van der Waals surface area contributed by atoms with Crippen LogP contribution in [-0.2, 0) is 4.79 Å². The first-order valence-electron chi connectivity index (χ1n) is 6.55. The molecule has 2 nitrogen and oxygen atoms in total. The van der Waals surface area contributed by atoms with Gasteiger partial charge in [-0.2, -0.15) is 0 Å². The first kappa shape index (κ1) is 13.3. The van der Waals surface area contributed by atoms with Crippen LogP contribution in [0.15, 0.2) is 60.7 Å². The minimum absolute atomic E-state index is 0.138. The Morgan fingerprint density at radius 3 is 2.00 bits per heavy atom. The van der Waals surface area contributed by atoms with Gasteiger partial charge in [0.15, 0.2) is 5.78 Å². The van der Waals surface area contributed by atoms with Crippen LogP contribution in [0.5, 0.6) is 0 Å². The summed E-state index contributed by atoms with van der Waals surface area (Å²) < 4.78 is 0. The van der Waals surface area contributed by atoms with Crippen molar-refractivity contribution in [2.45, 2.75) is 25.8 Å². The average Bonchev–Trinajstić information content (AvgIpc) is 2.46. The lowest BCUT2D eigenvalue weighted by atomic mass is 9.91. The second kappa shape index (κ2) is 6.19. The molecule has 0 unspecified atom stereocenters. The minimum atomic E-state index is -0.204. The Morgan fingerprint density at radius 2 is 1.47 bits per heavy atom. The Hall–Kier alpha value is -2.09. The van der Waals surface area contributed by atoms with Crippen LogP contribution in [0.3, 0.4) is 0 Å². The van der Waals surface area contributed by atoms with Gasteiger partial charge in [-0.15, -0.1) is 0 Å². The van der Waals surface area contributed by atoms with E-state index in [9.17, 15) is 4.79 Å². The number of carbonyl (C=O) groups is 1. The standard InChI is InChI=1S/C17H19NO/c1-13(15-9-5-3-6-10-15)17(14(2)19)18-16-11-7-4-8-12-16/h3-13,17-18H,1-2H3/t13-,17-/m0/s1. The molecule has 0 aromatic heterocycles. The van der Waals surface area contributed by atoms with Crippen molar-refractivity contribution in [1.29, 1.82) is 0 Å². The van der Waals surface area contributed by atoms with Crippen molar-refractivity contribution in [1.82, 2.24) is 0 Å². The second-order valence-electron chi connectivity index (χ2n) is 4.80. The van der Waals surface area contributed by atoms with E-state index in [1.54, 1.807) is 6.92 Å². The number of rotatable bonds is 5. The third-order valence-corrected chi connectivity index (χ3v) is 3.36. The quantitative estimate of drug-likeness (QED) is 0.876. The SMILES string of the molecule is CC(=O)[C@@H](Nc1ccccc1)[C@@H](C)c1ccccc1. The lowest BCUT2D eigenvalue weighted by Gasteiger charge is -2.24. The molecule has 98 valence electrons. The molecule has 0 saturated carbocycles. The van der Waals surface area contributed by atoms with Crippen LogP contribution in [0.2, 0.25) is 0 Å². The summed E-state index contributed by atoms with van der Waals surface area (Å²) >= 11 is 0. The van der Waals surface area contributed by atoms with Gasteiger partial charge in [0.2, 0.25) is 0 Å². The summed E-state index contributed by atoms with van der Waals surface area (Å²) in [5.41, 5.74) is 2.15. The highest BCUT2D eigenvalue weighted by Gasteiger charge is 2.22. The summed E-state index contributed by atoms with van der Waals surface area (Å²) in [6.07, 6.45) is 0. The van der Waals surface area contributed by atoms with E-state index in [0.717, 1.165) is 5.69 Å². The molecule has 2 aromatic rings. The number of anilines is 1. The van der Waals surface area contributed by atoms with E-state index in [0.29, 0.717) is 0 Å². The van der Waals surface area contributed by atoms with Crippen LogP contribution < -0.4 is 5.32 Å². The van der Waals surface area contributed by atoms with Gasteiger partial charge in [0.05, 0.1) is 6.04 Å². The Balaban J connectivity index is 2.19. The van der Waals surface area contributed by atoms with E-state index in [-0.39, 0.29) is 17.7 Å². The number of hydrogen-bond acceptors (Lipinski definition) is 2. The molecule has 2 atom stereocenters. The molecule has 0 saturated heterocycles. The minimum Gasteiger partial charge on any atom is -0.375 e. The monoisotopic (exact) mass is 253 g/mol. The number of benzene rings is 2. The lowest BCUT2D eigenvalue weighted by molar-refractivity contribution is -0.118. The fourth-order valence-electron chi connectivity index (χ4n) is 2.24. The number of nitrogens with one attached hydrogen (secondary N) is 1. The molecule has 0 aliphatic rings. The first-order valence-corrected chi connectivity index (χ1v) is 6.55. The molecule has 0 bridgehead atoms. The summed E-state index contributed by atoms with van der Waals surface area (Å²) in [5, 5.41) is 3.33. The Kier molecular flexibility index (Phi) is 4.35. The van der Waals surface area contributed by atoms with Crippen LogP contribution in [0.4, 0.5) is 5.69 Å². The van der Waals surface area contributed by atoms with Crippen LogP contribution >= 0.6 is 0 Å². The summed E-state index contributed by atoms with van der Waals surface area (Å²) in [5.74, 6) is 0.291. The summed E-state index contributed by atoms with van der Waals surface area (Å²) in [7, 11) is 0. The van der Waals surface area contributed by atoms with E-state index in [1.165, 1.54) is 5.56 Å². The normalized spacial score (nSPS) is 13.6. The maximum atomic E-state index is 11.9. The van der Waals surface area contributed by atoms with Gasteiger partial charge in [-0.25, -0.2) is 0 Å². The van der Waals surface area contributed by atoms with Gasteiger partial charge in [0.1, 0.15) is 0 Å². The summed E-state index contributed by atoms with van der Waals surface area (Å²) in [6, 6.07) is 19.8. The van der Waals surface area contributed by atoms with E-state index < -0.39 is 0 Å². The maximum absolute atomic E-state index is 11.9. The predicted octanol–water partition coefficient (Wildman–Crippen LogP) is 3.86. The van der Waals surface area contributed by atoms with Crippen molar-refractivity contribution in [2.24, 2.45) is 0 Å². The number of Topliss-reactive ketones (excluding diaryl/α,β-unsaturated/α-hetero) is 1. The van der Waals surface area contributed by atoms with Crippen molar-refractivity contribution >= 4 is 11.5 Å². The molecule has 0 heterocycles. The number of para-hydroxylation sites is 1. The highest BCUT2D eigenvalue weighted by molar-refractivity contribution is 5.85. The smallest absolute Gasteiger partial charge is 0.152 e. The van der Waals surface area contributed by atoms with E-state index in [4.69, 9.17) is 0 Å². The molecule has 2 aromatic carbocycles. The van der Waals surface area contributed by atoms with E-state index >= 15 is 0 Å². The number of hydrogen-bond donors (Lipinski definition) is 1. The third-order valence-electron chi connectivity index (χ3n) is 3.36. The zero-order chi connectivity index (χ0) is 13.7. The fraction of sp³-hybridized carbons (Fsp3) is 0.235. The van der Waals surface area contributed by atoms with Crippen molar-refractivity contribution in [3.63, 3.8) is 0 Å². The molecule has 1 N–H and O–H groups in total. The second-order valence-corrected chi connectivity index (χ2v) is 4.80. The predicted molar refractivity (Wildman–Crippen MR) is 79.4 cm³/mol. The van der Waals surface area contributed by atoms with Gasteiger partial charge >= 0.3 is 0 Å². The van der Waals surface area contributed by atoms with Crippen LogP contribution in [0.1, 0.15) is 25.3 Å². The van der Waals surface area contributed by atoms with Crippen molar-refractivity contribution in [3.8, 4) is 0 Å². The molecule has 0 spiro atoms. The summed E-state index contributed by atoms with van der Waals surface area (Å²) in [4.78, 5) is 11.9. The Bertz CT molecular complexity index is 521. The van der Waals surface area contributed by atoms with Gasteiger partial charge in [-0.3, -0.25) is 4.79 Å². The highest BCUT2D eigenvalue weighted by atomic mass is 16.1. The number of ketones is 1. The fourth-order valence-corrected chi connectivity index (χ4v) is 2.24. The van der Waals surface area contributed by atoms with Crippen molar-refractivity contribution < 1.29 is 4.79 Å².